The molecular formula is C17H15Cl2NO. The molecular weight excluding hydrogens is 305 g/mol. The lowest BCUT2D eigenvalue weighted by Crippen LogP contribution is -2.18. The molecule has 0 aliphatic rings. The summed E-state index contributed by atoms with van der Waals surface area (Å²) in [4.78, 5) is 0. The van der Waals surface area contributed by atoms with Gasteiger partial charge in [-0.25, -0.2) is 0 Å². The highest BCUT2D eigenvalue weighted by Crippen LogP contribution is 2.33. The van der Waals surface area contributed by atoms with E-state index in [0.29, 0.717) is 5.02 Å². The van der Waals surface area contributed by atoms with E-state index in [0.717, 1.165) is 32.9 Å². The number of para-hydroxylation sites is 1. The van der Waals surface area contributed by atoms with Gasteiger partial charge in [-0.05, 0) is 49.4 Å². The van der Waals surface area contributed by atoms with Crippen LogP contribution in [0.25, 0.3) is 11.0 Å². The van der Waals surface area contributed by atoms with E-state index in [9.17, 15) is 0 Å². The lowest BCUT2D eigenvalue weighted by atomic mass is 9.99. The predicted molar refractivity (Wildman–Crippen MR) is 88.3 cm³/mol. The molecule has 3 rings (SSSR count). The molecule has 0 bridgehead atoms. The Morgan fingerprint density at radius 3 is 2.57 bits per heavy atom. The van der Waals surface area contributed by atoms with Crippen molar-refractivity contribution < 1.29 is 4.42 Å². The van der Waals surface area contributed by atoms with Gasteiger partial charge in [0.1, 0.15) is 5.76 Å². The van der Waals surface area contributed by atoms with Gasteiger partial charge in [-0.1, -0.05) is 41.4 Å². The normalized spacial score (nSPS) is 12.8. The maximum atomic E-state index is 6.18. The summed E-state index contributed by atoms with van der Waals surface area (Å²) in [6, 6.07) is 13.6. The van der Waals surface area contributed by atoms with Crippen LogP contribution in [0.15, 0.2) is 46.9 Å². The Labute approximate surface area is 133 Å². The van der Waals surface area contributed by atoms with E-state index in [4.69, 9.17) is 27.6 Å². The molecule has 3 aromatic rings. The maximum absolute atomic E-state index is 6.18. The van der Waals surface area contributed by atoms with E-state index in [-0.39, 0.29) is 6.04 Å². The van der Waals surface area contributed by atoms with Crippen LogP contribution in [0, 0.1) is 6.92 Å². The van der Waals surface area contributed by atoms with Crippen LogP contribution in [0.5, 0.6) is 0 Å². The molecule has 0 saturated heterocycles. The van der Waals surface area contributed by atoms with Gasteiger partial charge in [0.05, 0.1) is 11.1 Å². The molecule has 1 aromatic heterocycles. The topological polar surface area (TPSA) is 25.2 Å². The highest BCUT2D eigenvalue weighted by Gasteiger charge is 2.19. The van der Waals surface area contributed by atoms with E-state index in [1.165, 1.54) is 0 Å². The van der Waals surface area contributed by atoms with Crippen molar-refractivity contribution in [1.29, 1.82) is 0 Å². The summed E-state index contributed by atoms with van der Waals surface area (Å²) in [5.74, 6) is 0.839. The van der Waals surface area contributed by atoms with Crippen LogP contribution in [0.4, 0.5) is 0 Å². The summed E-state index contributed by atoms with van der Waals surface area (Å²) in [6.07, 6.45) is 0. The highest BCUT2D eigenvalue weighted by atomic mass is 35.5. The molecule has 0 aliphatic carbocycles. The third-order valence-corrected chi connectivity index (χ3v) is 4.16. The molecule has 1 N–H and O–H groups in total. The standard InChI is InChI=1S/C17H15Cl2NO/c1-10-8-12(18)6-7-13(10)16(20-2)15-9-11-4-3-5-14(19)17(11)21-15/h3-9,16,20H,1-2H3. The van der Waals surface area contributed by atoms with Gasteiger partial charge < -0.3 is 9.73 Å². The average Bonchev–Trinajstić information content (AvgIpc) is 2.87. The minimum atomic E-state index is -0.0364. The number of halogens is 2. The molecule has 1 atom stereocenters. The SMILES string of the molecule is CNC(c1cc2cccc(Cl)c2o1)c1ccc(Cl)cc1C. The van der Waals surface area contributed by atoms with Crippen LogP contribution in [-0.4, -0.2) is 7.05 Å². The van der Waals surface area contributed by atoms with Crippen LogP contribution in [0.2, 0.25) is 10.0 Å². The van der Waals surface area contributed by atoms with Crippen molar-refractivity contribution in [2.24, 2.45) is 0 Å². The number of benzene rings is 2. The minimum absolute atomic E-state index is 0.0364. The Morgan fingerprint density at radius 2 is 1.90 bits per heavy atom. The van der Waals surface area contributed by atoms with Crippen LogP contribution in [-0.2, 0) is 0 Å². The van der Waals surface area contributed by atoms with E-state index >= 15 is 0 Å². The lowest BCUT2D eigenvalue weighted by molar-refractivity contribution is 0.490. The zero-order valence-electron chi connectivity index (χ0n) is 11.8. The fraction of sp³-hybridized carbons (Fsp3) is 0.176. The number of hydrogen-bond donors (Lipinski definition) is 1. The summed E-state index contributed by atoms with van der Waals surface area (Å²) in [5.41, 5.74) is 2.98. The van der Waals surface area contributed by atoms with Crippen LogP contribution in [0.3, 0.4) is 0 Å². The zero-order valence-corrected chi connectivity index (χ0v) is 13.3. The van der Waals surface area contributed by atoms with Crippen molar-refractivity contribution >= 4 is 34.2 Å². The first-order valence-corrected chi connectivity index (χ1v) is 7.47. The van der Waals surface area contributed by atoms with Crippen molar-refractivity contribution in [1.82, 2.24) is 5.32 Å². The Kier molecular flexibility index (Phi) is 3.94. The minimum Gasteiger partial charge on any atom is -0.457 e. The quantitative estimate of drug-likeness (QED) is 0.703. The Hall–Kier alpha value is -1.48. The predicted octanol–water partition coefficient (Wildman–Crippen LogP) is 5.36. The summed E-state index contributed by atoms with van der Waals surface area (Å²) in [7, 11) is 1.91. The molecule has 4 heteroatoms. The molecule has 0 aliphatic heterocycles. The molecule has 21 heavy (non-hydrogen) atoms. The van der Waals surface area contributed by atoms with E-state index < -0.39 is 0 Å². The number of furan rings is 1. The highest BCUT2D eigenvalue weighted by molar-refractivity contribution is 6.34. The van der Waals surface area contributed by atoms with E-state index in [1.807, 2.05) is 56.4 Å². The summed E-state index contributed by atoms with van der Waals surface area (Å²) >= 11 is 12.2. The Bertz CT molecular complexity index is 795. The van der Waals surface area contributed by atoms with Gasteiger partial charge in [0.15, 0.2) is 5.58 Å². The average molecular weight is 320 g/mol. The van der Waals surface area contributed by atoms with Gasteiger partial charge in [-0.15, -0.1) is 0 Å². The second kappa shape index (κ2) is 5.72. The smallest absolute Gasteiger partial charge is 0.152 e. The monoisotopic (exact) mass is 319 g/mol. The van der Waals surface area contributed by atoms with Crippen molar-refractivity contribution in [3.05, 3.63) is 69.4 Å². The molecule has 2 aromatic carbocycles. The largest absolute Gasteiger partial charge is 0.457 e. The summed E-state index contributed by atoms with van der Waals surface area (Å²) in [6.45, 7) is 2.04. The van der Waals surface area contributed by atoms with Gasteiger partial charge in [-0.3, -0.25) is 0 Å². The number of nitrogens with one attached hydrogen (secondary N) is 1. The molecule has 0 fully saturated rings. The first-order valence-electron chi connectivity index (χ1n) is 6.71. The third-order valence-electron chi connectivity index (χ3n) is 3.63. The Morgan fingerprint density at radius 1 is 1.10 bits per heavy atom. The summed E-state index contributed by atoms with van der Waals surface area (Å²) in [5, 5.41) is 5.66. The third kappa shape index (κ3) is 2.67. The molecule has 0 radical (unpaired) electrons. The van der Waals surface area contributed by atoms with E-state index in [2.05, 4.69) is 5.32 Å². The van der Waals surface area contributed by atoms with E-state index in [1.54, 1.807) is 0 Å². The van der Waals surface area contributed by atoms with Crippen molar-refractivity contribution in [3.8, 4) is 0 Å². The van der Waals surface area contributed by atoms with Crippen molar-refractivity contribution in [2.45, 2.75) is 13.0 Å². The van der Waals surface area contributed by atoms with Crippen LogP contribution < -0.4 is 5.32 Å². The van der Waals surface area contributed by atoms with Crippen molar-refractivity contribution in [3.63, 3.8) is 0 Å². The van der Waals surface area contributed by atoms with Gasteiger partial charge in [0.2, 0.25) is 0 Å². The van der Waals surface area contributed by atoms with Gasteiger partial charge >= 0.3 is 0 Å². The molecule has 0 saturated carbocycles. The molecule has 108 valence electrons. The molecule has 1 unspecified atom stereocenters. The van der Waals surface area contributed by atoms with Crippen molar-refractivity contribution in [2.75, 3.05) is 7.05 Å². The molecule has 0 amide bonds. The maximum Gasteiger partial charge on any atom is 0.152 e. The van der Waals surface area contributed by atoms with Gasteiger partial charge in [0.25, 0.3) is 0 Å². The lowest BCUT2D eigenvalue weighted by Gasteiger charge is -2.16. The second-order valence-corrected chi connectivity index (χ2v) is 5.87. The van der Waals surface area contributed by atoms with Gasteiger partial charge in [-0.2, -0.15) is 0 Å². The Balaban J connectivity index is 2.11. The zero-order chi connectivity index (χ0) is 15.0. The first-order chi connectivity index (χ1) is 10.1. The fourth-order valence-corrected chi connectivity index (χ4v) is 3.05. The first kappa shape index (κ1) is 14.5. The number of rotatable bonds is 3. The number of fused-ring (bicyclic) bond motifs is 1. The molecule has 0 spiro atoms. The number of aryl methyl sites for hydroxylation is 1. The molecule has 2 nitrogen and oxygen atoms in total. The fourth-order valence-electron chi connectivity index (χ4n) is 2.60. The molecule has 1 heterocycles. The second-order valence-electron chi connectivity index (χ2n) is 5.03. The van der Waals surface area contributed by atoms with Crippen LogP contribution >= 0.6 is 23.2 Å². The van der Waals surface area contributed by atoms with Gasteiger partial charge in [0, 0.05) is 10.4 Å². The number of hydrogen-bond acceptors (Lipinski definition) is 2. The van der Waals surface area contributed by atoms with Crippen LogP contribution in [0.1, 0.15) is 22.9 Å². The summed E-state index contributed by atoms with van der Waals surface area (Å²) < 4.78 is 5.96.